The number of rotatable bonds is 6. The van der Waals surface area contributed by atoms with E-state index in [2.05, 4.69) is 0 Å². The molecule has 0 radical (unpaired) electrons. The number of aromatic nitrogens is 1. The Bertz CT molecular complexity index is 1550. The number of carboxylic acid groups (broad SMARTS) is 1. The summed E-state index contributed by atoms with van der Waals surface area (Å²) in [6.45, 7) is 0. The fourth-order valence-electron chi connectivity index (χ4n) is 4.82. The van der Waals surface area contributed by atoms with E-state index in [1.807, 2.05) is 72.3 Å². The van der Waals surface area contributed by atoms with Gasteiger partial charge in [0.25, 0.3) is 11.8 Å². The van der Waals surface area contributed by atoms with Gasteiger partial charge in [-0.25, -0.2) is 9.59 Å². The Balaban J connectivity index is 1.65. The van der Waals surface area contributed by atoms with Crippen LogP contribution < -0.4 is 4.57 Å². The van der Waals surface area contributed by atoms with Crippen molar-refractivity contribution in [1.82, 2.24) is 5.06 Å². The zero-order chi connectivity index (χ0) is 25.4. The predicted octanol–water partition coefficient (Wildman–Crippen LogP) is 3.72. The van der Waals surface area contributed by atoms with Crippen LogP contribution in [0.2, 0.25) is 0 Å². The summed E-state index contributed by atoms with van der Waals surface area (Å²) in [5.41, 5.74) is 4.00. The lowest BCUT2D eigenvalue weighted by molar-refractivity contribution is -0.617. The van der Waals surface area contributed by atoms with Crippen LogP contribution in [0.1, 0.15) is 35.2 Å². The van der Waals surface area contributed by atoms with Gasteiger partial charge in [0.05, 0.1) is 22.8 Å². The number of nitrogens with zero attached hydrogens (tertiary/aromatic N) is 2. The molecular weight excluding hydrogens is 460 g/mol. The molecule has 1 fully saturated rings. The van der Waals surface area contributed by atoms with Gasteiger partial charge >= 0.3 is 11.9 Å². The first-order valence-electron chi connectivity index (χ1n) is 11.6. The van der Waals surface area contributed by atoms with Crippen molar-refractivity contribution < 1.29 is 33.7 Å². The van der Waals surface area contributed by atoms with Gasteiger partial charge in [0, 0.05) is 25.0 Å². The van der Waals surface area contributed by atoms with Crippen molar-refractivity contribution in [2.24, 2.45) is 7.05 Å². The van der Waals surface area contributed by atoms with Crippen LogP contribution in [0, 0.1) is 0 Å². The van der Waals surface area contributed by atoms with Gasteiger partial charge in [-0.2, -0.15) is 4.57 Å². The number of fused-ring (bicyclic) bond motifs is 2. The Kier molecular flexibility index (Phi) is 5.93. The molecule has 4 aromatic rings. The first kappa shape index (κ1) is 23.2. The number of carbonyl (C=O) groups is 4. The number of carboxylic acids is 1. The van der Waals surface area contributed by atoms with Crippen molar-refractivity contribution in [1.29, 1.82) is 0 Å². The molecule has 5 rings (SSSR count). The standard InChI is InChI=1S/C28H22N2O6/c1-29-20-10-6-5-9-19(20)26(28(34)35)27-21(29)13-11-18(25(27)17-7-3-2-4-8-17)12-16-24(33)36-30-22(31)14-15-23(30)32/h2-11,13H,12,14-16H2,1H3/p+1. The average Bonchev–Trinajstić information content (AvgIpc) is 3.19. The number of pyridine rings is 1. The van der Waals surface area contributed by atoms with E-state index in [0.29, 0.717) is 21.4 Å². The molecule has 180 valence electrons. The Morgan fingerprint density at radius 1 is 0.917 bits per heavy atom. The molecule has 0 bridgehead atoms. The van der Waals surface area contributed by atoms with Gasteiger partial charge in [0.2, 0.25) is 11.0 Å². The SMILES string of the molecule is C[n+]1c2ccccc2c(C(=O)O)c2c(-c3ccccc3)c(CCC(=O)ON3C(=O)CCC3=O)ccc21. The Morgan fingerprint density at radius 3 is 2.28 bits per heavy atom. The number of hydrogen-bond donors (Lipinski definition) is 1. The Morgan fingerprint density at radius 2 is 1.58 bits per heavy atom. The van der Waals surface area contributed by atoms with Crippen LogP contribution in [-0.4, -0.2) is 33.9 Å². The summed E-state index contributed by atoms with van der Waals surface area (Å²) >= 11 is 0. The summed E-state index contributed by atoms with van der Waals surface area (Å²) in [6.07, 6.45) is 0.186. The van der Waals surface area contributed by atoms with Crippen molar-refractivity contribution in [2.75, 3.05) is 0 Å². The highest BCUT2D eigenvalue weighted by Crippen LogP contribution is 2.36. The number of hydrogen-bond acceptors (Lipinski definition) is 5. The fourth-order valence-corrected chi connectivity index (χ4v) is 4.82. The molecule has 0 aliphatic carbocycles. The number of para-hydroxylation sites is 1. The van der Waals surface area contributed by atoms with Crippen LogP contribution in [0.4, 0.5) is 0 Å². The first-order chi connectivity index (χ1) is 17.4. The smallest absolute Gasteiger partial charge is 0.337 e. The maximum Gasteiger partial charge on any atom is 0.337 e. The zero-order valence-corrected chi connectivity index (χ0v) is 19.6. The van der Waals surface area contributed by atoms with Crippen molar-refractivity contribution in [3.05, 3.63) is 77.9 Å². The molecule has 3 aromatic carbocycles. The summed E-state index contributed by atoms with van der Waals surface area (Å²) < 4.78 is 1.96. The molecule has 0 atom stereocenters. The number of hydroxylamine groups is 2. The fraction of sp³-hybridized carbons (Fsp3) is 0.179. The average molecular weight is 484 g/mol. The minimum atomic E-state index is -1.04. The van der Waals surface area contributed by atoms with E-state index in [1.165, 1.54) is 0 Å². The monoisotopic (exact) mass is 483 g/mol. The molecule has 8 heteroatoms. The molecule has 36 heavy (non-hydrogen) atoms. The van der Waals surface area contributed by atoms with Crippen molar-refractivity contribution in [2.45, 2.75) is 25.7 Å². The highest BCUT2D eigenvalue weighted by molar-refractivity contribution is 6.16. The van der Waals surface area contributed by atoms with Gasteiger partial charge in [-0.1, -0.05) is 48.5 Å². The van der Waals surface area contributed by atoms with E-state index >= 15 is 0 Å². The van der Waals surface area contributed by atoms with Crippen molar-refractivity contribution >= 4 is 45.6 Å². The van der Waals surface area contributed by atoms with Crippen LogP contribution in [0.3, 0.4) is 0 Å². The molecule has 1 aromatic heterocycles. The molecule has 8 nitrogen and oxygen atoms in total. The summed E-state index contributed by atoms with van der Waals surface area (Å²) in [5, 5.41) is 12.0. The summed E-state index contributed by atoms with van der Waals surface area (Å²) in [4.78, 5) is 53.7. The molecule has 1 N–H and O–H groups in total. The van der Waals surface area contributed by atoms with Crippen LogP contribution >= 0.6 is 0 Å². The van der Waals surface area contributed by atoms with E-state index in [4.69, 9.17) is 4.84 Å². The molecule has 2 amide bonds. The second-order valence-corrected chi connectivity index (χ2v) is 8.66. The van der Waals surface area contributed by atoms with Gasteiger partial charge in [-0.3, -0.25) is 9.59 Å². The number of aromatic carboxylic acids is 1. The Labute approximate surface area is 206 Å². The quantitative estimate of drug-likeness (QED) is 0.255. The normalized spacial score (nSPS) is 13.5. The van der Waals surface area contributed by atoms with Crippen LogP contribution in [0.5, 0.6) is 0 Å². The molecule has 1 saturated heterocycles. The third-order valence-electron chi connectivity index (χ3n) is 6.49. The number of carbonyl (C=O) groups excluding carboxylic acids is 3. The van der Waals surface area contributed by atoms with E-state index in [-0.39, 0.29) is 31.2 Å². The molecule has 2 heterocycles. The van der Waals surface area contributed by atoms with Gasteiger partial charge in [0.1, 0.15) is 7.05 Å². The van der Waals surface area contributed by atoms with Crippen LogP contribution in [-0.2, 0) is 32.7 Å². The highest BCUT2D eigenvalue weighted by atomic mass is 16.7. The Hall–Kier alpha value is -4.59. The van der Waals surface area contributed by atoms with Gasteiger partial charge < -0.3 is 9.94 Å². The van der Waals surface area contributed by atoms with E-state index in [0.717, 1.165) is 22.2 Å². The number of benzene rings is 3. The lowest BCUT2D eigenvalue weighted by Crippen LogP contribution is -2.32. The minimum absolute atomic E-state index is 0.0257. The van der Waals surface area contributed by atoms with Gasteiger partial charge in [-0.15, -0.1) is 5.06 Å². The molecule has 0 saturated carbocycles. The second kappa shape index (κ2) is 9.22. The molecule has 1 aliphatic heterocycles. The number of aryl methyl sites for hydroxylation is 2. The largest absolute Gasteiger partial charge is 0.478 e. The minimum Gasteiger partial charge on any atom is -0.478 e. The predicted molar refractivity (Wildman–Crippen MR) is 131 cm³/mol. The van der Waals surface area contributed by atoms with Crippen molar-refractivity contribution in [3.63, 3.8) is 0 Å². The lowest BCUT2D eigenvalue weighted by atomic mass is 9.89. The van der Waals surface area contributed by atoms with Crippen molar-refractivity contribution in [3.8, 4) is 11.1 Å². The second-order valence-electron chi connectivity index (χ2n) is 8.66. The summed E-state index contributed by atoms with van der Waals surface area (Å²) in [5.74, 6) is -2.82. The molecule has 0 spiro atoms. The third kappa shape index (κ3) is 3.96. The maximum absolute atomic E-state index is 12.6. The van der Waals surface area contributed by atoms with Gasteiger partial charge in [0.15, 0.2) is 0 Å². The lowest BCUT2D eigenvalue weighted by Gasteiger charge is -2.16. The summed E-state index contributed by atoms with van der Waals surface area (Å²) in [7, 11) is 1.90. The maximum atomic E-state index is 12.6. The highest BCUT2D eigenvalue weighted by Gasteiger charge is 2.33. The van der Waals surface area contributed by atoms with Crippen LogP contribution in [0.15, 0.2) is 66.7 Å². The van der Waals surface area contributed by atoms with E-state index in [1.54, 1.807) is 6.07 Å². The molecular formula is C28H23N2O6+. The van der Waals surface area contributed by atoms with Crippen LogP contribution in [0.25, 0.3) is 32.9 Å². The molecule has 1 aliphatic rings. The molecule has 0 unspecified atom stereocenters. The topological polar surface area (TPSA) is 105 Å². The van der Waals surface area contributed by atoms with Gasteiger partial charge in [-0.05, 0) is 29.2 Å². The third-order valence-corrected chi connectivity index (χ3v) is 6.49. The summed E-state index contributed by atoms with van der Waals surface area (Å²) in [6, 6.07) is 20.5. The number of imide groups is 1. The zero-order valence-electron chi connectivity index (χ0n) is 19.6. The number of amides is 2. The van der Waals surface area contributed by atoms with E-state index < -0.39 is 23.8 Å². The first-order valence-corrected chi connectivity index (χ1v) is 11.6. The van der Waals surface area contributed by atoms with E-state index in [9.17, 15) is 24.3 Å².